The number of hydrogen-bond acceptors (Lipinski definition) is 3. The van der Waals surface area contributed by atoms with Crippen LogP contribution in [0.4, 0.5) is 0 Å². The topological polar surface area (TPSA) is 42.4 Å². The Labute approximate surface area is 76.0 Å². The second kappa shape index (κ2) is 4.28. The van der Waals surface area contributed by atoms with Gasteiger partial charge >= 0.3 is 0 Å². The highest BCUT2D eigenvalue weighted by molar-refractivity contribution is 6.31. The van der Waals surface area contributed by atoms with Gasteiger partial charge in [-0.05, 0) is 18.1 Å². The Morgan fingerprint density at radius 3 is 2.92 bits per heavy atom. The fourth-order valence-electron chi connectivity index (χ4n) is 0.881. The highest BCUT2D eigenvalue weighted by atomic mass is 35.5. The first-order valence-electron chi connectivity index (χ1n) is 3.57. The molecule has 0 atom stereocenters. The zero-order chi connectivity index (χ0) is 8.97. The molecule has 0 bridgehead atoms. The fourth-order valence-corrected chi connectivity index (χ4v) is 1.15. The quantitative estimate of drug-likeness (QED) is 0.775. The first kappa shape index (κ1) is 9.29. The van der Waals surface area contributed by atoms with Crippen LogP contribution in [0.25, 0.3) is 0 Å². The molecule has 0 radical (unpaired) electrons. The average molecular weight is 188 g/mol. The van der Waals surface area contributed by atoms with E-state index in [1.54, 1.807) is 12.3 Å². The number of nitrogens with zero attached hydrogens (tertiary/aromatic N) is 1. The highest BCUT2D eigenvalue weighted by Gasteiger charge is 2.02. The molecule has 1 heterocycles. The van der Waals surface area contributed by atoms with Crippen LogP contribution in [-0.4, -0.2) is 23.8 Å². The molecule has 0 aliphatic heterocycles. The minimum atomic E-state index is 0.102. The van der Waals surface area contributed by atoms with Crippen molar-refractivity contribution in [1.82, 2.24) is 4.98 Å². The monoisotopic (exact) mass is 187 g/mol. The molecule has 1 rings (SSSR count). The first-order chi connectivity index (χ1) is 5.77. The van der Waals surface area contributed by atoms with E-state index >= 15 is 0 Å². The van der Waals surface area contributed by atoms with Crippen LogP contribution >= 0.6 is 11.6 Å². The lowest BCUT2D eigenvalue weighted by atomic mass is 10.2. The van der Waals surface area contributed by atoms with Gasteiger partial charge in [-0.2, -0.15) is 0 Å². The van der Waals surface area contributed by atoms with Crippen molar-refractivity contribution in [2.45, 2.75) is 6.42 Å². The molecule has 1 N–H and O–H groups in total. The largest absolute Gasteiger partial charge is 0.480 e. The van der Waals surface area contributed by atoms with Gasteiger partial charge in [0.1, 0.15) is 5.02 Å². The summed E-state index contributed by atoms with van der Waals surface area (Å²) in [6, 6.07) is 1.74. The van der Waals surface area contributed by atoms with Crippen LogP contribution < -0.4 is 4.74 Å². The third kappa shape index (κ3) is 2.09. The molecule has 0 fully saturated rings. The molecular formula is C8H10ClNO2. The average Bonchev–Trinajstić information content (AvgIpc) is 2.05. The van der Waals surface area contributed by atoms with Crippen molar-refractivity contribution in [3.05, 3.63) is 22.8 Å². The van der Waals surface area contributed by atoms with Crippen molar-refractivity contribution < 1.29 is 9.84 Å². The van der Waals surface area contributed by atoms with E-state index in [-0.39, 0.29) is 6.61 Å². The Balaban J connectivity index is 2.86. The minimum absolute atomic E-state index is 0.102. The predicted octanol–water partition coefficient (Wildman–Crippen LogP) is 1.28. The number of aliphatic hydroxyl groups is 1. The van der Waals surface area contributed by atoms with E-state index in [1.807, 2.05) is 0 Å². The third-order valence-electron chi connectivity index (χ3n) is 1.46. The number of aliphatic hydroxyl groups excluding tert-OH is 1. The van der Waals surface area contributed by atoms with Crippen LogP contribution in [0.3, 0.4) is 0 Å². The number of hydrogen-bond donors (Lipinski definition) is 1. The minimum Gasteiger partial charge on any atom is -0.480 e. The predicted molar refractivity (Wildman–Crippen MR) is 46.6 cm³/mol. The van der Waals surface area contributed by atoms with E-state index in [9.17, 15) is 0 Å². The maximum absolute atomic E-state index is 8.63. The van der Waals surface area contributed by atoms with E-state index in [4.69, 9.17) is 21.4 Å². The Hall–Kier alpha value is -0.800. The normalized spacial score (nSPS) is 9.92. The van der Waals surface area contributed by atoms with Gasteiger partial charge in [-0.25, -0.2) is 4.98 Å². The molecule has 12 heavy (non-hydrogen) atoms. The van der Waals surface area contributed by atoms with Gasteiger partial charge in [0.2, 0.25) is 5.88 Å². The molecule has 0 saturated carbocycles. The van der Waals surface area contributed by atoms with Gasteiger partial charge in [-0.1, -0.05) is 11.6 Å². The molecule has 4 heteroatoms. The molecule has 1 aromatic heterocycles. The van der Waals surface area contributed by atoms with Gasteiger partial charge in [0.25, 0.3) is 0 Å². The van der Waals surface area contributed by atoms with Crippen molar-refractivity contribution in [3.63, 3.8) is 0 Å². The molecule has 0 aliphatic rings. The van der Waals surface area contributed by atoms with E-state index in [1.165, 1.54) is 7.11 Å². The Morgan fingerprint density at radius 1 is 1.67 bits per heavy atom. The van der Waals surface area contributed by atoms with Crippen LogP contribution in [0, 0.1) is 0 Å². The number of rotatable bonds is 3. The van der Waals surface area contributed by atoms with E-state index in [2.05, 4.69) is 4.98 Å². The fraction of sp³-hybridized carbons (Fsp3) is 0.375. The molecular weight excluding hydrogens is 178 g/mol. The molecule has 0 unspecified atom stereocenters. The summed E-state index contributed by atoms with van der Waals surface area (Å²) in [6.45, 7) is 0.102. The van der Waals surface area contributed by atoms with Crippen molar-refractivity contribution in [3.8, 4) is 5.88 Å². The van der Waals surface area contributed by atoms with Gasteiger partial charge in [-0.15, -0.1) is 0 Å². The lowest BCUT2D eigenvalue weighted by Crippen LogP contribution is -1.94. The summed E-state index contributed by atoms with van der Waals surface area (Å²) < 4.78 is 4.87. The molecule has 1 aromatic rings. The Kier molecular flexibility index (Phi) is 3.31. The summed E-state index contributed by atoms with van der Waals surface area (Å²) in [6.07, 6.45) is 2.21. The number of ether oxygens (including phenoxy) is 1. The number of methoxy groups -OCH3 is 1. The maximum Gasteiger partial charge on any atom is 0.232 e. The number of aromatic nitrogens is 1. The first-order valence-corrected chi connectivity index (χ1v) is 3.95. The summed E-state index contributed by atoms with van der Waals surface area (Å²) in [4.78, 5) is 3.95. The molecule has 0 aromatic carbocycles. The molecule has 0 spiro atoms. The van der Waals surface area contributed by atoms with Crippen LogP contribution in [-0.2, 0) is 6.42 Å². The lowest BCUT2D eigenvalue weighted by Gasteiger charge is -2.02. The second-order valence-corrected chi connectivity index (χ2v) is 2.72. The highest BCUT2D eigenvalue weighted by Crippen LogP contribution is 2.21. The van der Waals surface area contributed by atoms with E-state index in [0.29, 0.717) is 17.3 Å². The second-order valence-electron chi connectivity index (χ2n) is 2.31. The summed E-state index contributed by atoms with van der Waals surface area (Å²) in [7, 11) is 1.51. The maximum atomic E-state index is 8.63. The van der Waals surface area contributed by atoms with Gasteiger partial charge in [0.05, 0.1) is 7.11 Å². The summed E-state index contributed by atoms with van der Waals surface area (Å²) in [5, 5.41) is 9.11. The molecule has 0 saturated heterocycles. The van der Waals surface area contributed by atoms with Crippen molar-refractivity contribution in [2.75, 3.05) is 13.7 Å². The van der Waals surface area contributed by atoms with Crippen LogP contribution in [0.15, 0.2) is 12.3 Å². The number of halogens is 1. The van der Waals surface area contributed by atoms with Gasteiger partial charge < -0.3 is 9.84 Å². The zero-order valence-corrected chi connectivity index (χ0v) is 7.51. The van der Waals surface area contributed by atoms with Gasteiger partial charge in [0, 0.05) is 12.8 Å². The smallest absolute Gasteiger partial charge is 0.232 e. The summed E-state index contributed by atoms with van der Waals surface area (Å²) in [5.41, 5.74) is 0.906. The SMILES string of the molecule is COc1ncc(CCO)cc1Cl. The summed E-state index contributed by atoms with van der Waals surface area (Å²) >= 11 is 5.80. The Bertz CT molecular complexity index is 265. The van der Waals surface area contributed by atoms with E-state index < -0.39 is 0 Å². The molecule has 3 nitrogen and oxygen atoms in total. The number of pyridine rings is 1. The van der Waals surface area contributed by atoms with E-state index in [0.717, 1.165) is 5.56 Å². The standard InChI is InChI=1S/C8H10ClNO2/c1-12-8-7(9)4-6(2-3-11)5-10-8/h4-5,11H,2-3H2,1H3. The van der Waals surface area contributed by atoms with Crippen molar-refractivity contribution in [2.24, 2.45) is 0 Å². The van der Waals surface area contributed by atoms with Crippen LogP contribution in [0.5, 0.6) is 5.88 Å². The summed E-state index contributed by atoms with van der Waals surface area (Å²) in [5.74, 6) is 0.415. The van der Waals surface area contributed by atoms with Gasteiger partial charge in [-0.3, -0.25) is 0 Å². The Morgan fingerprint density at radius 2 is 2.42 bits per heavy atom. The zero-order valence-electron chi connectivity index (χ0n) is 6.75. The third-order valence-corrected chi connectivity index (χ3v) is 1.73. The van der Waals surface area contributed by atoms with Crippen LogP contribution in [0.2, 0.25) is 5.02 Å². The van der Waals surface area contributed by atoms with Crippen molar-refractivity contribution in [1.29, 1.82) is 0 Å². The molecule has 0 aliphatic carbocycles. The van der Waals surface area contributed by atoms with Gasteiger partial charge in [0.15, 0.2) is 0 Å². The molecule has 0 amide bonds. The van der Waals surface area contributed by atoms with Crippen LogP contribution in [0.1, 0.15) is 5.56 Å². The lowest BCUT2D eigenvalue weighted by molar-refractivity contribution is 0.299. The van der Waals surface area contributed by atoms with Crippen molar-refractivity contribution >= 4 is 11.6 Å². The molecule has 66 valence electrons.